The molecule has 3 nitrogen and oxygen atoms in total. The van der Waals surface area contributed by atoms with Crippen LogP contribution in [0.2, 0.25) is 5.02 Å². The summed E-state index contributed by atoms with van der Waals surface area (Å²) in [5, 5.41) is 3.20. The number of carbonyl (C=O) groups excluding carboxylic acids is 1. The summed E-state index contributed by atoms with van der Waals surface area (Å²) in [5.74, 6) is 0.233. The Morgan fingerprint density at radius 1 is 1.04 bits per heavy atom. The molecular weight excluding hydrogens is 409 g/mol. The first kappa shape index (κ1) is 17.5. The molecule has 1 N–H and O–H groups in total. The molecule has 3 aromatic carbocycles. The average Bonchev–Trinajstić information content (AvgIpc) is 2.58. The highest BCUT2D eigenvalue weighted by Gasteiger charge is 2.14. The fourth-order valence-electron chi connectivity index (χ4n) is 2.17. The molecule has 25 heavy (non-hydrogen) atoms. The smallest absolute Gasteiger partial charge is 0.256 e. The minimum atomic E-state index is -0.431. The van der Waals surface area contributed by atoms with Crippen LogP contribution in [-0.4, -0.2) is 5.91 Å². The van der Waals surface area contributed by atoms with Gasteiger partial charge in [0, 0.05) is 9.50 Å². The van der Waals surface area contributed by atoms with Gasteiger partial charge >= 0.3 is 0 Å². The zero-order valence-corrected chi connectivity index (χ0v) is 15.1. The molecule has 0 heterocycles. The van der Waals surface area contributed by atoms with Crippen molar-refractivity contribution in [3.63, 3.8) is 0 Å². The quantitative estimate of drug-likeness (QED) is 0.539. The van der Waals surface area contributed by atoms with Crippen molar-refractivity contribution >= 4 is 39.1 Å². The van der Waals surface area contributed by atoms with Gasteiger partial charge in [-0.1, -0.05) is 29.8 Å². The van der Waals surface area contributed by atoms with E-state index in [-0.39, 0.29) is 0 Å². The second-order valence-electron chi connectivity index (χ2n) is 5.13. The SMILES string of the molecule is O=C(Nc1cc(Cl)ccc1Oc1ccccc1)c1ccc(F)cc1Br. The lowest BCUT2D eigenvalue weighted by Gasteiger charge is -2.13. The molecule has 0 saturated carbocycles. The standard InChI is InChI=1S/C19H12BrClFNO2/c20-16-11-13(22)7-8-15(16)19(24)23-17-10-12(21)6-9-18(17)25-14-4-2-1-3-5-14/h1-11H,(H,23,24). The highest BCUT2D eigenvalue weighted by molar-refractivity contribution is 9.10. The van der Waals surface area contributed by atoms with E-state index in [2.05, 4.69) is 21.2 Å². The van der Waals surface area contributed by atoms with E-state index < -0.39 is 11.7 Å². The molecule has 0 saturated heterocycles. The molecule has 3 rings (SSSR count). The van der Waals surface area contributed by atoms with Crippen LogP contribution in [0.1, 0.15) is 10.4 Å². The molecule has 0 bridgehead atoms. The van der Waals surface area contributed by atoms with E-state index >= 15 is 0 Å². The van der Waals surface area contributed by atoms with E-state index in [9.17, 15) is 9.18 Å². The van der Waals surface area contributed by atoms with Gasteiger partial charge in [0.2, 0.25) is 0 Å². The number of nitrogens with one attached hydrogen (secondary N) is 1. The number of carbonyl (C=O) groups is 1. The molecule has 0 radical (unpaired) electrons. The van der Waals surface area contributed by atoms with Crippen LogP contribution in [0, 0.1) is 5.82 Å². The maximum Gasteiger partial charge on any atom is 0.256 e. The summed E-state index contributed by atoms with van der Waals surface area (Å²) in [5.41, 5.74) is 0.713. The van der Waals surface area contributed by atoms with Crippen molar-refractivity contribution in [3.05, 3.63) is 87.6 Å². The van der Waals surface area contributed by atoms with Crippen LogP contribution in [0.4, 0.5) is 10.1 Å². The van der Waals surface area contributed by atoms with Crippen molar-refractivity contribution in [2.75, 3.05) is 5.32 Å². The number of hydrogen-bond donors (Lipinski definition) is 1. The summed E-state index contributed by atoms with van der Waals surface area (Å²) in [4.78, 5) is 12.5. The van der Waals surface area contributed by atoms with E-state index in [1.807, 2.05) is 18.2 Å². The number of para-hydroxylation sites is 1. The lowest BCUT2D eigenvalue weighted by molar-refractivity contribution is 0.102. The Hall–Kier alpha value is -2.37. The van der Waals surface area contributed by atoms with Crippen molar-refractivity contribution in [1.29, 1.82) is 0 Å². The number of benzene rings is 3. The normalized spacial score (nSPS) is 10.4. The van der Waals surface area contributed by atoms with E-state index in [0.29, 0.717) is 32.2 Å². The fourth-order valence-corrected chi connectivity index (χ4v) is 2.87. The molecule has 0 spiro atoms. The third kappa shape index (κ3) is 4.38. The topological polar surface area (TPSA) is 38.3 Å². The van der Waals surface area contributed by atoms with Crippen LogP contribution in [0.3, 0.4) is 0 Å². The summed E-state index contributed by atoms with van der Waals surface area (Å²) in [6, 6.07) is 18.0. The maximum atomic E-state index is 13.2. The molecule has 6 heteroatoms. The summed E-state index contributed by atoms with van der Waals surface area (Å²) < 4.78 is 19.4. The predicted octanol–water partition coefficient (Wildman–Crippen LogP) is 6.29. The van der Waals surface area contributed by atoms with Crippen molar-refractivity contribution in [2.24, 2.45) is 0 Å². The van der Waals surface area contributed by atoms with Gasteiger partial charge in [-0.15, -0.1) is 0 Å². The monoisotopic (exact) mass is 419 g/mol. The second-order valence-corrected chi connectivity index (χ2v) is 6.42. The Bertz CT molecular complexity index is 919. The first-order chi connectivity index (χ1) is 12.0. The molecule has 0 aliphatic carbocycles. The first-order valence-electron chi connectivity index (χ1n) is 7.32. The molecule has 3 aromatic rings. The molecule has 0 aliphatic heterocycles. The second kappa shape index (κ2) is 7.68. The Labute approximate surface area is 157 Å². The average molecular weight is 421 g/mol. The molecule has 1 amide bonds. The number of anilines is 1. The van der Waals surface area contributed by atoms with Gasteiger partial charge in [-0.25, -0.2) is 4.39 Å². The van der Waals surface area contributed by atoms with Gasteiger partial charge in [-0.3, -0.25) is 4.79 Å². The Kier molecular flexibility index (Phi) is 5.36. The number of rotatable bonds is 4. The van der Waals surface area contributed by atoms with E-state index in [4.69, 9.17) is 16.3 Å². The Morgan fingerprint density at radius 2 is 1.80 bits per heavy atom. The molecule has 0 aliphatic rings. The largest absolute Gasteiger partial charge is 0.455 e. The molecule has 126 valence electrons. The van der Waals surface area contributed by atoms with Crippen molar-refractivity contribution in [2.45, 2.75) is 0 Å². The third-order valence-corrected chi connectivity index (χ3v) is 4.23. The zero-order chi connectivity index (χ0) is 17.8. The van der Waals surface area contributed by atoms with Gasteiger partial charge in [-0.2, -0.15) is 0 Å². The van der Waals surface area contributed by atoms with E-state index in [1.165, 1.54) is 18.2 Å². The number of halogens is 3. The van der Waals surface area contributed by atoms with E-state index in [1.54, 1.807) is 30.3 Å². The van der Waals surface area contributed by atoms with Gasteiger partial charge in [0.05, 0.1) is 11.3 Å². The lowest BCUT2D eigenvalue weighted by atomic mass is 10.2. The summed E-state index contributed by atoms with van der Waals surface area (Å²) in [6.07, 6.45) is 0. The maximum absolute atomic E-state index is 13.2. The van der Waals surface area contributed by atoms with Crippen molar-refractivity contribution in [1.82, 2.24) is 0 Å². The molecule has 0 unspecified atom stereocenters. The van der Waals surface area contributed by atoms with Crippen LogP contribution in [0.25, 0.3) is 0 Å². The number of amides is 1. The van der Waals surface area contributed by atoms with Crippen LogP contribution in [0.15, 0.2) is 71.2 Å². The highest BCUT2D eigenvalue weighted by Crippen LogP contribution is 2.32. The third-order valence-electron chi connectivity index (χ3n) is 3.34. The minimum Gasteiger partial charge on any atom is -0.455 e. The molecular formula is C19H12BrClFNO2. The Morgan fingerprint density at radius 3 is 2.52 bits per heavy atom. The predicted molar refractivity (Wildman–Crippen MR) is 100 cm³/mol. The van der Waals surface area contributed by atoms with Crippen molar-refractivity contribution < 1.29 is 13.9 Å². The summed E-state index contributed by atoms with van der Waals surface area (Å²) in [6.45, 7) is 0. The zero-order valence-electron chi connectivity index (χ0n) is 12.8. The van der Waals surface area contributed by atoms with Gasteiger partial charge in [0.1, 0.15) is 11.6 Å². The molecule has 0 fully saturated rings. The van der Waals surface area contributed by atoms with Gasteiger partial charge in [0.15, 0.2) is 5.75 Å². The highest BCUT2D eigenvalue weighted by atomic mass is 79.9. The Balaban J connectivity index is 1.88. The van der Waals surface area contributed by atoms with Crippen molar-refractivity contribution in [3.8, 4) is 11.5 Å². The van der Waals surface area contributed by atoms with Crippen LogP contribution < -0.4 is 10.1 Å². The minimum absolute atomic E-state index is 0.298. The fraction of sp³-hybridized carbons (Fsp3) is 0. The molecule has 0 atom stereocenters. The van der Waals surface area contributed by atoms with Gasteiger partial charge in [0.25, 0.3) is 5.91 Å². The summed E-state index contributed by atoms with van der Waals surface area (Å²) >= 11 is 9.23. The lowest BCUT2D eigenvalue weighted by Crippen LogP contribution is -2.13. The first-order valence-corrected chi connectivity index (χ1v) is 8.49. The van der Waals surface area contributed by atoms with E-state index in [0.717, 1.165) is 0 Å². The van der Waals surface area contributed by atoms with Crippen LogP contribution >= 0.6 is 27.5 Å². The summed E-state index contributed by atoms with van der Waals surface area (Å²) in [7, 11) is 0. The van der Waals surface area contributed by atoms with Crippen LogP contribution in [-0.2, 0) is 0 Å². The molecule has 0 aromatic heterocycles. The van der Waals surface area contributed by atoms with Gasteiger partial charge < -0.3 is 10.1 Å². The van der Waals surface area contributed by atoms with Gasteiger partial charge in [-0.05, 0) is 64.5 Å². The number of ether oxygens (including phenoxy) is 1. The number of hydrogen-bond acceptors (Lipinski definition) is 2. The van der Waals surface area contributed by atoms with Crippen LogP contribution in [0.5, 0.6) is 11.5 Å².